The lowest BCUT2D eigenvalue weighted by Gasteiger charge is -2.57. The second-order valence-electron chi connectivity index (χ2n) is 8.72. The molecule has 0 saturated heterocycles. The van der Waals surface area contributed by atoms with Gasteiger partial charge in [0.15, 0.2) is 11.6 Å². The number of amides is 1. The molecule has 5 aliphatic carbocycles. The zero-order valence-corrected chi connectivity index (χ0v) is 14.9. The van der Waals surface area contributed by atoms with Crippen molar-refractivity contribution in [1.29, 1.82) is 0 Å². The van der Waals surface area contributed by atoms with Crippen LogP contribution in [-0.4, -0.2) is 16.9 Å². The standard InChI is InChI=1S/C20H23ClFNO2/c21-20-7-10-3-13(8-20)18(14(4-10)9-20)25-16-6-12(11-1-2-11)5-15(17(16)22)19(23)24/h5-6,10-11,13-14,18H,1-4,7-9H2,(H2,23,24). The lowest BCUT2D eigenvalue weighted by molar-refractivity contribution is -0.0709. The van der Waals surface area contributed by atoms with Crippen LogP contribution in [0.15, 0.2) is 12.1 Å². The summed E-state index contributed by atoms with van der Waals surface area (Å²) in [6.45, 7) is 0. The molecule has 1 aromatic rings. The van der Waals surface area contributed by atoms with Crippen molar-refractivity contribution in [3.05, 3.63) is 29.1 Å². The number of nitrogens with two attached hydrogens (primary N) is 1. The largest absolute Gasteiger partial charge is 0.487 e. The van der Waals surface area contributed by atoms with Gasteiger partial charge in [-0.1, -0.05) is 0 Å². The zero-order valence-electron chi connectivity index (χ0n) is 14.1. The minimum atomic E-state index is -0.727. The molecular formula is C20H23ClFNO2. The average Bonchev–Trinajstić information content (AvgIpc) is 3.35. The van der Waals surface area contributed by atoms with Crippen LogP contribution in [0, 0.1) is 23.6 Å². The molecule has 0 spiro atoms. The van der Waals surface area contributed by atoms with Gasteiger partial charge in [0, 0.05) is 4.87 Å². The number of alkyl halides is 1. The van der Waals surface area contributed by atoms with E-state index in [4.69, 9.17) is 22.1 Å². The number of carbonyl (C=O) groups is 1. The van der Waals surface area contributed by atoms with Gasteiger partial charge in [-0.05, 0) is 86.3 Å². The van der Waals surface area contributed by atoms with Crippen molar-refractivity contribution in [1.82, 2.24) is 0 Å². The van der Waals surface area contributed by atoms with Crippen molar-refractivity contribution < 1.29 is 13.9 Å². The van der Waals surface area contributed by atoms with Crippen LogP contribution in [-0.2, 0) is 0 Å². The molecule has 6 rings (SSSR count). The van der Waals surface area contributed by atoms with E-state index in [0.29, 0.717) is 23.7 Å². The Morgan fingerprint density at radius 3 is 2.44 bits per heavy atom. The molecule has 2 N–H and O–H groups in total. The third-order valence-electron chi connectivity index (χ3n) is 6.75. The minimum Gasteiger partial charge on any atom is -0.487 e. The Hall–Kier alpha value is -1.29. The quantitative estimate of drug-likeness (QED) is 0.808. The molecule has 5 saturated carbocycles. The molecule has 2 unspecified atom stereocenters. The SMILES string of the molecule is NC(=O)c1cc(C2CC2)cc(OC2C3CC4CC2CC(Cl)(C4)C3)c1F. The topological polar surface area (TPSA) is 52.3 Å². The monoisotopic (exact) mass is 363 g/mol. The molecule has 1 amide bonds. The maximum Gasteiger partial charge on any atom is 0.251 e. The first-order valence-corrected chi connectivity index (χ1v) is 9.78. The van der Waals surface area contributed by atoms with Gasteiger partial charge in [0.25, 0.3) is 5.91 Å². The Labute approximate surface area is 152 Å². The minimum absolute atomic E-state index is 0.00750. The molecule has 0 radical (unpaired) electrons. The van der Waals surface area contributed by atoms with E-state index < -0.39 is 11.7 Å². The number of primary amides is 1. The Kier molecular flexibility index (Phi) is 3.41. The summed E-state index contributed by atoms with van der Waals surface area (Å²) in [7, 11) is 0. The molecule has 2 atom stereocenters. The molecule has 3 nitrogen and oxygen atoms in total. The zero-order chi connectivity index (χ0) is 17.3. The molecule has 4 bridgehead atoms. The number of ether oxygens (including phenoxy) is 1. The highest BCUT2D eigenvalue weighted by molar-refractivity contribution is 6.24. The molecule has 5 heteroatoms. The fourth-order valence-corrected chi connectivity index (χ4v) is 6.37. The summed E-state index contributed by atoms with van der Waals surface area (Å²) in [4.78, 5) is 11.6. The van der Waals surface area contributed by atoms with Gasteiger partial charge in [-0.25, -0.2) is 4.39 Å². The van der Waals surface area contributed by atoms with Gasteiger partial charge < -0.3 is 10.5 Å². The summed E-state index contributed by atoms with van der Waals surface area (Å²) in [5.41, 5.74) is 6.32. The summed E-state index contributed by atoms with van der Waals surface area (Å²) < 4.78 is 21.1. The number of halogens is 2. The van der Waals surface area contributed by atoms with Gasteiger partial charge in [0.2, 0.25) is 0 Å². The van der Waals surface area contributed by atoms with Crippen molar-refractivity contribution in [3.8, 4) is 5.75 Å². The number of carbonyl (C=O) groups excluding carboxylic acids is 1. The third kappa shape index (κ3) is 2.64. The van der Waals surface area contributed by atoms with Crippen LogP contribution in [0.25, 0.3) is 0 Å². The maximum absolute atomic E-state index is 14.8. The molecule has 25 heavy (non-hydrogen) atoms. The van der Waals surface area contributed by atoms with Crippen molar-refractivity contribution in [2.24, 2.45) is 23.5 Å². The van der Waals surface area contributed by atoms with Gasteiger partial charge in [0.1, 0.15) is 6.10 Å². The van der Waals surface area contributed by atoms with Crippen molar-refractivity contribution in [2.75, 3.05) is 0 Å². The number of benzene rings is 1. The fraction of sp³-hybridized carbons (Fsp3) is 0.650. The lowest BCUT2D eigenvalue weighted by atomic mass is 9.54. The highest BCUT2D eigenvalue weighted by Crippen LogP contribution is 2.59. The van der Waals surface area contributed by atoms with E-state index in [9.17, 15) is 9.18 Å². The van der Waals surface area contributed by atoms with Crippen LogP contribution in [0.1, 0.15) is 66.8 Å². The van der Waals surface area contributed by atoms with E-state index in [0.717, 1.165) is 50.5 Å². The highest BCUT2D eigenvalue weighted by atomic mass is 35.5. The molecule has 0 aliphatic heterocycles. The van der Waals surface area contributed by atoms with E-state index in [1.54, 1.807) is 12.1 Å². The van der Waals surface area contributed by atoms with E-state index >= 15 is 0 Å². The van der Waals surface area contributed by atoms with Gasteiger partial charge in [-0.2, -0.15) is 0 Å². The van der Waals surface area contributed by atoms with Crippen molar-refractivity contribution >= 4 is 17.5 Å². The second kappa shape index (κ2) is 5.35. The maximum atomic E-state index is 14.8. The first kappa shape index (κ1) is 15.9. The van der Waals surface area contributed by atoms with Gasteiger partial charge in [-0.15, -0.1) is 11.6 Å². The van der Waals surface area contributed by atoms with Gasteiger partial charge >= 0.3 is 0 Å². The predicted octanol–water partition coefficient (Wildman–Crippen LogP) is 4.37. The first-order chi connectivity index (χ1) is 11.9. The molecule has 5 aliphatic rings. The molecule has 0 aromatic heterocycles. The fourth-order valence-electron chi connectivity index (χ4n) is 5.75. The van der Waals surface area contributed by atoms with E-state index in [1.165, 1.54) is 0 Å². The van der Waals surface area contributed by atoms with E-state index in [1.807, 2.05) is 0 Å². The van der Waals surface area contributed by atoms with Crippen molar-refractivity contribution in [3.63, 3.8) is 0 Å². The highest BCUT2D eigenvalue weighted by Gasteiger charge is 2.55. The number of rotatable bonds is 4. The first-order valence-electron chi connectivity index (χ1n) is 9.41. The van der Waals surface area contributed by atoms with Crippen LogP contribution < -0.4 is 10.5 Å². The van der Waals surface area contributed by atoms with Crippen LogP contribution in [0.4, 0.5) is 4.39 Å². The summed E-state index contributed by atoms with van der Waals surface area (Å²) in [6.07, 6.45) is 7.45. The van der Waals surface area contributed by atoms with Crippen molar-refractivity contribution in [2.45, 2.75) is 61.8 Å². The Bertz CT molecular complexity index is 731. The molecule has 1 aromatic carbocycles. The van der Waals surface area contributed by atoms with Crippen LogP contribution in [0.2, 0.25) is 0 Å². The Balaban J connectivity index is 1.47. The molecule has 5 fully saturated rings. The second-order valence-corrected chi connectivity index (χ2v) is 9.52. The van der Waals surface area contributed by atoms with E-state index in [-0.39, 0.29) is 22.3 Å². The van der Waals surface area contributed by atoms with Crippen LogP contribution in [0.5, 0.6) is 5.75 Å². The van der Waals surface area contributed by atoms with Crippen LogP contribution in [0.3, 0.4) is 0 Å². The molecular weight excluding hydrogens is 341 g/mol. The number of hydrogen-bond donors (Lipinski definition) is 1. The predicted molar refractivity (Wildman–Crippen MR) is 93.4 cm³/mol. The normalized spacial score (nSPS) is 38.8. The molecule has 134 valence electrons. The van der Waals surface area contributed by atoms with Gasteiger partial charge in [-0.3, -0.25) is 4.79 Å². The number of hydrogen-bond acceptors (Lipinski definition) is 2. The smallest absolute Gasteiger partial charge is 0.251 e. The Morgan fingerprint density at radius 1 is 1.20 bits per heavy atom. The summed E-state index contributed by atoms with van der Waals surface area (Å²) in [5, 5.41) is 0. The molecule has 0 heterocycles. The van der Waals surface area contributed by atoms with Crippen LogP contribution >= 0.6 is 11.6 Å². The summed E-state index contributed by atoms with van der Waals surface area (Å²) in [6, 6.07) is 3.40. The van der Waals surface area contributed by atoms with E-state index in [2.05, 4.69) is 0 Å². The Morgan fingerprint density at radius 2 is 1.88 bits per heavy atom. The third-order valence-corrected chi connectivity index (χ3v) is 7.21. The average molecular weight is 364 g/mol. The summed E-state index contributed by atoms with van der Waals surface area (Å²) in [5.74, 6) is 0.763. The lowest BCUT2D eigenvalue weighted by Crippen LogP contribution is -2.56. The summed E-state index contributed by atoms with van der Waals surface area (Å²) >= 11 is 6.78. The van der Waals surface area contributed by atoms with Gasteiger partial charge in [0.05, 0.1) is 5.56 Å².